The highest BCUT2D eigenvalue weighted by Gasteiger charge is 2.20. The van der Waals surface area contributed by atoms with Gasteiger partial charge < -0.3 is 15.3 Å². The molecule has 0 saturated carbocycles. The van der Waals surface area contributed by atoms with Crippen molar-refractivity contribution in [2.75, 3.05) is 44.6 Å². The molecule has 4 heterocycles. The average Bonchev–Trinajstić information content (AvgIpc) is 2.96. The molecule has 10 heteroatoms. The number of aromatic nitrogens is 3. The number of hydrogen-bond donors (Lipinski definition) is 2. The summed E-state index contributed by atoms with van der Waals surface area (Å²) in [4.78, 5) is 41.3. The Morgan fingerprint density at radius 2 is 1.53 bits per heavy atom. The van der Waals surface area contributed by atoms with E-state index in [1.165, 1.54) is 42.8 Å². The van der Waals surface area contributed by atoms with Crippen LogP contribution in [0, 0.1) is 0 Å². The maximum Gasteiger partial charge on any atom is 0.407 e. The van der Waals surface area contributed by atoms with Gasteiger partial charge in [0.05, 0.1) is 5.69 Å². The summed E-state index contributed by atoms with van der Waals surface area (Å²) < 4.78 is 0. The Hall–Kier alpha value is -3.89. The van der Waals surface area contributed by atoms with Gasteiger partial charge in [-0.1, -0.05) is 24.6 Å². The summed E-state index contributed by atoms with van der Waals surface area (Å²) in [5.74, 6) is 0.452. The Kier molecular flexibility index (Phi) is 10.1. The van der Waals surface area contributed by atoms with Crippen molar-refractivity contribution in [3.63, 3.8) is 0 Å². The van der Waals surface area contributed by atoms with E-state index in [1.807, 2.05) is 36.4 Å². The second kappa shape index (κ2) is 14.2. The molecule has 200 valence electrons. The zero-order chi connectivity index (χ0) is 26.6. The topological polar surface area (TPSA) is 115 Å². The number of anilines is 1. The van der Waals surface area contributed by atoms with Crippen molar-refractivity contribution in [3.05, 3.63) is 84.1 Å². The molecule has 5 rings (SSSR count). The minimum atomic E-state index is -0.834. The number of rotatable bonds is 6. The zero-order valence-electron chi connectivity index (χ0n) is 21.6. The molecule has 0 spiro atoms. The molecule has 10 nitrogen and oxygen atoms in total. The number of likely N-dealkylation sites (tertiary alicyclic amines) is 1. The number of nitrogens with zero attached hydrogens (tertiary/aromatic N) is 6. The van der Waals surface area contributed by atoms with Crippen LogP contribution in [-0.4, -0.2) is 86.0 Å². The van der Waals surface area contributed by atoms with Crippen LogP contribution in [0.1, 0.15) is 40.9 Å². The summed E-state index contributed by atoms with van der Waals surface area (Å²) in [6, 6.07) is 13.3. The van der Waals surface area contributed by atoms with Crippen molar-refractivity contribution in [2.24, 2.45) is 0 Å². The molecule has 3 aromatic rings. The van der Waals surface area contributed by atoms with Gasteiger partial charge in [-0.2, -0.15) is 0 Å². The van der Waals surface area contributed by atoms with E-state index in [1.54, 1.807) is 30.9 Å². The predicted octanol–water partition coefficient (Wildman–Crippen LogP) is 3.59. The normalized spacial score (nSPS) is 16.3. The van der Waals surface area contributed by atoms with Crippen LogP contribution in [0.25, 0.3) is 0 Å². The Morgan fingerprint density at radius 3 is 2.16 bits per heavy atom. The minimum Gasteiger partial charge on any atom is -0.465 e. The smallest absolute Gasteiger partial charge is 0.407 e. The van der Waals surface area contributed by atoms with E-state index in [-0.39, 0.29) is 5.91 Å². The molecular weight excluding hydrogens is 482 g/mol. The van der Waals surface area contributed by atoms with E-state index in [9.17, 15) is 9.59 Å². The molecule has 2 fully saturated rings. The zero-order valence-corrected chi connectivity index (χ0v) is 21.6. The van der Waals surface area contributed by atoms with Crippen molar-refractivity contribution in [3.8, 4) is 0 Å². The molecule has 0 bridgehead atoms. The summed E-state index contributed by atoms with van der Waals surface area (Å²) in [6.07, 6.45) is 9.83. The number of hydrogen-bond acceptors (Lipinski definition) is 7. The number of pyridine rings is 1. The molecule has 2 aromatic heterocycles. The van der Waals surface area contributed by atoms with Gasteiger partial charge in [-0.3, -0.25) is 24.6 Å². The lowest BCUT2D eigenvalue weighted by molar-refractivity contribution is 0.101. The summed E-state index contributed by atoms with van der Waals surface area (Å²) in [5, 5.41) is 11.6. The quantitative estimate of drug-likeness (QED) is 0.510. The largest absolute Gasteiger partial charge is 0.465 e. The van der Waals surface area contributed by atoms with Gasteiger partial charge >= 0.3 is 6.09 Å². The number of carboxylic acid groups (broad SMARTS) is 1. The highest BCUT2D eigenvalue weighted by Crippen LogP contribution is 2.14. The molecule has 2 saturated heterocycles. The fourth-order valence-electron chi connectivity index (χ4n) is 4.50. The van der Waals surface area contributed by atoms with Crippen molar-refractivity contribution in [2.45, 2.75) is 32.4 Å². The maximum absolute atomic E-state index is 12.2. The van der Waals surface area contributed by atoms with Crippen LogP contribution in [0.3, 0.4) is 0 Å². The van der Waals surface area contributed by atoms with Gasteiger partial charge in [0.2, 0.25) is 0 Å². The lowest BCUT2D eigenvalue weighted by atomic mass is 10.1. The monoisotopic (exact) mass is 517 g/mol. The van der Waals surface area contributed by atoms with Crippen LogP contribution in [0.2, 0.25) is 0 Å². The second-order valence-corrected chi connectivity index (χ2v) is 9.45. The molecule has 2 N–H and O–H groups in total. The minimum absolute atomic E-state index is 0.122. The number of carbonyl (C=O) groups excluding carboxylic acids is 1. The average molecular weight is 518 g/mol. The number of amides is 2. The number of benzene rings is 1. The van der Waals surface area contributed by atoms with Crippen LogP contribution in [0.4, 0.5) is 10.6 Å². The molecule has 2 aliphatic rings. The van der Waals surface area contributed by atoms with E-state index < -0.39 is 6.09 Å². The first-order valence-electron chi connectivity index (χ1n) is 13.1. The van der Waals surface area contributed by atoms with Crippen molar-refractivity contribution in [1.29, 1.82) is 0 Å². The third-order valence-electron chi connectivity index (χ3n) is 6.62. The van der Waals surface area contributed by atoms with Gasteiger partial charge in [0.25, 0.3) is 5.91 Å². The van der Waals surface area contributed by atoms with Gasteiger partial charge in [0.15, 0.2) is 0 Å². The van der Waals surface area contributed by atoms with Gasteiger partial charge in [0, 0.05) is 69.6 Å². The van der Waals surface area contributed by atoms with Crippen LogP contribution in [0.5, 0.6) is 0 Å². The molecule has 38 heavy (non-hydrogen) atoms. The molecule has 2 aliphatic heterocycles. The maximum atomic E-state index is 12.2. The fourth-order valence-corrected chi connectivity index (χ4v) is 4.50. The van der Waals surface area contributed by atoms with Crippen molar-refractivity contribution in [1.82, 2.24) is 29.7 Å². The summed E-state index contributed by atoms with van der Waals surface area (Å²) in [5.41, 5.74) is 2.84. The van der Waals surface area contributed by atoms with Gasteiger partial charge in [-0.05, 0) is 55.8 Å². The Morgan fingerprint density at radius 1 is 0.789 bits per heavy atom. The molecule has 0 aliphatic carbocycles. The number of carbonyl (C=O) groups is 2. The summed E-state index contributed by atoms with van der Waals surface area (Å²) in [6.45, 7) is 6.71. The Labute approximate surface area is 223 Å². The third kappa shape index (κ3) is 8.60. The molecule has 0 radical (unpaired) electrons. The molecule has 1 aromatic carbocycles. The van der Waals surface area contributed by atoms with E-state index in [0.29, 0.717) is 24.5 Å². The standard InChI is InChI=1S/C18H21N3O.C10H14N4O2/c22-18(20-17-6-2-3-11-19-17)16-9-7-15(8-10-16)14-21-12-4-1-5-13-21;15-10(16)14-5-3-13(4-6-14)8-9-7-11-1-2-12-9/h2-3,6-11H,1,4-5,12-14H2,(H,19,20,22);1-2,7H,3-6,8H2,(H,15,16). The van der Waals surface area contributed by atoms with Crippen LogP contribution in [0.15, 0.2) is 67.3 Å². The Bertz CT molecular complexity index is 1130. The highest BCUT2D eigenvalue weighted by atomic mass is 16.4. The number of nitrogens with one attached hydrogen (secondary N) is 1. The molecule has 0 unspecified atom stereocenters. The van der Waals surface area contributed by atoms with Gasteiger partial charge in [-0.25, -0.2) is 9.78 Å². The lowest BCUT2D eigenvalue weighted by Crippen LogP contribution is -2.47. The van der Waals surface area contributed by atoms with Crippen LogP contribution >= 0.6 is 0 Å². The number of piperidine rings is 1. The Balaban J connectivity index is 0.000000186. The van der Waals surface area contributed by atoms with Crippen molar-refractivity contribution >= 4 is 17.8 Å². The van der Waals surface area contributed by atoms with Crippen molar-refractivity contribution < 1.29 is 14.7 Å². The second-order valence-electron chi connectivity index (χ2n) is 9.45. The first-order valence-corrected chi connectivity index (χ1v) is 13.1. The molecule has 0 atom stereocenters. The van der Waals surface area contributed by atoms with Crippen LogP contribution < -0.4 is 5.32 Å². The van der Waals surface area contributed by atoms with E-state index in [2.05, 4.69) is 30.1 Å². The van der Waals surface area contributed by atoms with E-state index in [4.69, 9.17) is 5.11 Å². The van der Waals surface area contributed by atoms with Gasteiger partial charge in [0.1, 0.15) is 5.82 Å². The summed E-state index contributed by atoms with van der Waals surface area (Å²) in [7, 11) is 0. The fraction of sp³-hybridized carbons (Fsp3) is 0.393. The SMILES string of the molecule is O=C(Nc1ccccn1)c1ccc(CN2CCCCC2)cc1.O=C(O)N1CCN(Cc2cnccn2)CC1. The molecular formula is C28H35N7O3. The predicted molar refractivity (Wildman–Crippen MR) is 145 cm³/mol. The van der Waals surface area contributed by atoms with E-state index in [0.717, 1.165) is 31.9 Å². The summed E-state index contributed by atoms with van der Waals surface area (Å²) >= 11 is 0. The third-order valence-corrected chi connectivity index (χ3v) is 6.62. The number of piperazine rings is 1. The van der Waals surface area contributed by atoms with Crippen LogP contribution in [-0.2, 0) is 13.1 Å². The lowest BCUT2D eigenvalue weighted by Gasteiger charge is -2.32. The van der Waals surface area contributed by atoms with Gasteiger partial charge in [-0.15, -0.1) is 0 Å². The highest BCUT2D eigenvalue weighted by molar-refractivity contribution is 6.03. The molecule has 2 amide bonds. The van der Waals surface area contributed by atoms with E-state index >= 15 is 0 Å². The first-order chi connectivity index (χ1) is 18.6. The first kappa shape index (κ1) is 27.2.